The molecular weight excluding hydrogens is 325 g/mol. The molecule has 0 bridgehead atoms. The molecule has 0 unspecified atom stereocenters. The van der Waals surface area contributed by atoms with Crippen LogP contribution < -0.4 is 4.90 Å². The van der Waals surface area contributed by atoms with E-state index in [9.17, 15) is 9.18 Å². The second-order valence-electron chi connectivity index (χ2n) is 6.78. The Morgan fingerprint density at radius 1 is 1.48 bits per heavy atom. The van der Waals surface area contributed by atoms with Gasteiger partial charge < -0.3 is 14.3 Å². The fourth-order valence-corrected chi connectivity index (χ4v) is 3.31. The number of hydrogen-bond acceptors (Lipinski definition) is 6. The molecule has 0 N–H and O–H groups in total. The van der Waals surface area contributed by atoms with Gasteiger partial charge in [-0.2, -0.15) is 0 Å². The summed E-state index contributed by atoms with van der Waals surface area (Å²) in [6.07, 6.45) is 4.69. The first-order valence-electron chi connectivity index (χ1n) is 8.50. The Bertz CT molecular complexity index is 749. The number of nitrogens with zero attached hydrogens (tertiary/aromatic N) is 5. The summed E-state index contributed by atoms with van der Waals surface area (Å²) in [4.78, 5) is 24.2. The van der Waals surface area contributed by atoms with E-state index < -0.39 is 6.17 Å². The molecule has 2 fully saturated rings. The van der Waals surface area contributed by atoms with Gasteiger partial charge in [0.25, 0.3) is 5.91 Å². The van der Waals surface area contributed by atoms with Crippen molar-refractivity contribution in [3.05, 3.63) is 36.1 Å². The van der Waals surface area contributed by atoms with E-state index in [1.54, 1.807) is 30.3 Å². The summed E-state index contributed by atoms with van der Waals surface area (Å²) < 4.78 is 19.2. The molecule has 1 aliphatic heterocycles. The van der Waals surface area contributed by atoms with Crippen LogP contribution in [-0.2, 0) is 0 Å². The van der Waals surface area contributed by atoms with Crippen LogP contribution in [0.2, 0.25) is 0 Å². The smallest absolute Gasteiger partial charge is 0.275 e. The van der Waals surface area contributed by atoms with Crippen molar-refractivity contribution in [2.75, 3.05) is 25.0 Å². The van der Waals surface area contributed by atoms with Crippen molar-refractivity contribution in [1.29, 1.82) is 0 Å². The first kappa shape index (κ1) is 16.0. The molecule has 0 spiro atoms. The molecule has 2 aromatic rings. The van der Waals surface area contributed by atoms with E-state index in [-0.39, 0.29) is 18.5 Å². The number of rotatable bonds is 5. The number of anilines is 1. The van der Waals surface area contributed by atoms with E-state index in [0.717, 1.165) is 18.6 Å². The summed E-state index contributed by atoms with van der Waals surface area (Å²) in [6, 6.07) is 3.35. The van der Waals surface area contributed by atoms with Crippen LogP contribution >= 0.6 is 0 Å². The second kappa shape index (κ2) is 6.42. The molecule has 1 aliphatic carbocycles. The quantitative estimate of drug-likeness (QED) is 0.825. The number of likely N-dealkylation sites (N-methyl/N-ethyl adjacent to an activating group) is 1. The van der Waals surface area contributed by atoms with Gasteiger partial charge in [-0.1, -0.05) is 5.16 Å². The molecule has 2 aromatic heterocycles. The third kappa shape index (κ3) is 3.33. The third-order valence-electron chi connectivity index (χ3n) is 4.78. The minimum absolute atomic E-state index is 0.131. The maximum absolute atomic E-state index is 14.0. The molecule has 0 aromatic carbocycles. The highest BCUT2D eigenvalue weighted by atomic mass is 19.1. The van der Waals surface area contributed by atoms with Gasteiger partial charge in [0.1, 0.15) is 24.1 Å². The zero-order valence-corrected chi connectivity index (χ0v) is 14.0. The predicted molar refractivity (Wildman–Crippen MR) is 88.1 cm³/mol. The average Bonchev–Trinajstić information content (AvgIpc) is 3.24. The fourth-order valence-electron chi connectivity index (χ4n) is 3.31. The lowest BCUT2D eigenvalue weighted by Crippen LogP contribution is -2.41. The Morgan fingerprint density at radius 2 is 2.32 bits per heavy atom. The highest BCUT2D eigenvalue weighted by Gasteiger charge is 2.35. The van der Waals surface area contributed by atoms with Crippen molar-refractivity contribution >= 4 is 11.7 Å². The van der Waals surface area contributed by atoms with Crippen molar-refractivity contribution < 1.29 is 13.7 Å². The van der Waals surface area contributed by atoms with Crippen LogP contribution in [-0.4, -0.2) is 58.3 Å². The maximum atomic E-state index is 14.0. The Kier molecular flexibility index (Phi) is 4.10. The first-order chi connectivity index (χ1) is 12.1. The van der Waals surface area contributed by atoms with Crippen molar-refractivity contribution in [2.45, 2.75) is 37.4 Å². The van der Waals surface area contributed by atoms with Crippen LogP contribution in [0.3, 0.4) is 0 Å². The Labute approximate surface area is 144 Å². The predicted octanol–water partition coefficient (Wildman–Crippen LogP) is 2.03. The Balaban J connectivity index is 1.44. The minimum atomic E-state index is -0.933. The highest BCUT2D eigenvalue weighted by molar-refractivity contribution is 5.92. The van der Waals surface area contributed by atoms with Crippen LogP contribution in [0.5, 0.6) is 0 Å². The lowest BCUT2D eigenvalue weighted by atomic mass is 10.2. The highest BCUT2D eigenvalue weighted by Crippen LogP contribution is 2.40. The van der Waals surface area contributed by atoms with Gasteiger partial charge in [0.2, 0.25) is 0 Å². The zero-order valence-electron chi connectivity index (χ0n) is 14.0. The molecular formula is C17H20FN5O2. The largest absolute Gasteiger partial charge is 0.360 e. The summed E-state index contributed by atoms with van der Waals surface area (Å²) in [5.74, 6) is 1.66. The lowest BCUT2D eigenvalue weighted by Gasteiger charge is -2.28. The van der Waals surface area contributed by atoms with Crippen molar-refractivity contribution in [2.24, 2.45) is 0 Å². The maximum Gasteiger partial charge on any atom is 0.275 e. The Hall–Kier alpha value is -2.51. The summed E-state index contributed by atoms with van der Waals surface area (Å²) in [5, 5.41) is 3.89. The molecule has 2 aliphatic rings. The van der Waals surface area contributed by atoms with E-state index in [0.29, 0.717) is 30.4 Å². The lowest BCUT2D eigenvalue weighted by molar-refractivity contribution is 0.0775. The second-order valence-corrected chi connectivity index (χ2v) is 6.78. The molecule has 1 amide bonds. The van der Waals surface area contributed by atoms with Crippen LogP contribution in [0.25, 0.3) is 0 Å². The van der Waals surface area contributed by atoms with Crippen LogP contribution in [0.15, 0.2) is 29.2 Å². The Morgan fingerprint density at radius 3 is 3.04 bits per heavy atom. The minimum Gasteiger partial charge on any atom is -0.360 e. The fraction of sp³-hybridized carbons (Fsp3) is 0.529. The molecule has 1 saturated carbocycles. The molecule has 0 radical (unpaired) electrons. The van der Waals surface area contributed by atoms with Crippen LogP contribution in [0, 0.1) is 0 Å². The summed E-state index contributed by atoms with van der Waals surface area (Å²) in [5.41, 5.74) is 0.313. The summed E-state index contributed by atoms with van der Waals surface area (Å²) >= 11 is 0. The van der Waals surface area contributed by atoms with Crippen LogP contribution in [0.1, 0.15) is 41.4 Å². The van der Waals surface area contributed by atoms with Gasteiger partial charge in [-0.25, -0.2) is 14.4 Å². The van der Waals surface area contributed by atoms with Gasteiger partial charge in [0.15, 0.2) is 5.69 Å². The molecule has 7 nitrogen and oxygen atoms in total. The van der Waals surface area contributed by atoms with E-state index >= 15 is 0 Å². The normalized spacial score (nSPS) is 23.0. The number of halogens is 1. The number of carbonyl (C=O) groups excluding carboxylic acids is 1. The molecule has 132 valence electrons. The molecule has 25 heavy (non-hydrogen) atoms. The van der Waals surface area contributed by atoms with Gasteiger partial charge in [0.05, 0.1) is 12.6 Å². The number of amides is 1. The summed E-state index contributed by atoms with van der Waals surface area (Å²) in [7, 11) is 1.71. The van der Waals surface area contributed by atoms with Gasteiger partial charge in [-0.3, -0.25) is 4.79 Å². The molecule has 3 heterocycles. The average molecular weight is 345 g/mol. The van der Waals surface area contributed by atoms with Crippen molar-refractivity contribution in [1.82, 2.24) is 20.0 Å². The molecule has 2 atom stereocenters. The van der Waals surface area contributed by atoms with Gasteiger partial charge >= 0.3 is 0 Å². The van der Waals surface area contributed by atoms with E-state index in [1.807, 2.05) is 4.90 Å². The van der Waals surface area contributed by atoms with Gasteiger partial charge in [0, 0.05) is 38.2 Å². The number of aromatic nitrogens is 3. The first-order valence-corrected chi connectivity index (χ1v) is 8.50. The number of alkyl halides is 1. The zero-order chi connectivity index (χ0) is 17.4. The van der Waals surface area contributed by atoms with Crippen LogP contribution in [0.4, 0.5) is 10.2 Å². The summed E-state index contributed by atoms with van der Waals surface area (Å²) in [6.45, 7) is 0.675. The standard InChI is InChI=1S/C17H20FN5O2/c1-22(17(24)14-7-15(25-21-14)11-2-3-11)9-13-6-12(18)8-23(13)16-4-5-19-10-20-16/h4-5,7,10-13H,2-3,6,8-9H2,1H3/t12-,13-/m0/s1. The van der Waals surface area contributed by atoms with Gasteiger partial charge in [-0.15, -0.1) is 0 Å². The topological polar surface area (TPSA) is 75.4 Å². The SMILES string of the molecule is CN(C[C@@H]1C[C@H](F)CN1c1ccncn1)C(=O)c1cc(C2CC2)on1. The van der Waals surface area contributed by atoms with Crippen molar-refractivity contribution in [3.8, 4) is 0 Å². The monoisotopic (exact) mass is 345 g/mol. The van der Waals surface area contributed by atoms with E-state index in [2.05, 4.69) is 15.1 Å². The number of hydrogen-bond donors (Lipinski definition) is 0. The van der Waals surface area contributed by atoms with Gasteiger partial charge in [-0.05, 0) is 18.9 Å². The molecule has 1 saturated heterocycles. The van der Waals surface area contributed by atoms with E-state index in [4.69, 9.17) is 4.52 Å². The molecule has 8 heteroatoms. The third-order valence-corrected chi connectivity index (χ3v) is 4.78. The van der Waals surface area contributed by atoms with E-state index in [1.165, 1.54) is 6.33 Å². The molecule has 4 rings (SSSR count). The van der Waals surface area contributed by atoms with Crippen molar-refractivity contribution in [3.63, 3.8) is 0 Å². The number of carbonyl (C=O) groups is 1.